The van der Waals surface area contributed by atoms with Crippen LogP contribution in [0.2, 0.25) is 0 Å². The molecule has 1 aliphatic carbocycles. The number of fused-ring (bicyclic) bond motifs is 3. The highest BCUT2D eigenvalue weighted by Crippen LogP contribution is 2.34. The molecule has 0 atom stereocenters. The molecule has 3 heterocycles. The number of carbonyl (C=O) groups is 1. The van der Waals surface area contributed by atoms with Gasteiger partial charge in [-0.2, -0.15) is 0 Å². The van der Waals surface area contributed by atoms with Crippen molar-refractivity contribution < 1.29 is 9.21 Å². The summed E-state index contributed by atoms with van der Waals surface area (Å²) < 4.78 is 7.14. The minimum Gasteiger partial charge on any atom is -0.467 e. The van der Waals surface area contributed by atoms with Gasteiger partial charge in [-0.25, -0.2) is 4.98 Å². The smallest absolute Gasteiger partial charge is 0.263 e. The van der Waals surface area contributed by atoms with Crippen molar-refractivity contribution in [3.8, 4) is 0 Å². The molecule has 8 heteroatoms. The van der Waals surface area contributed by atoms with Gasteiger partial charge in [0, 0.05) is 18.5 Å². The Labute approximate surface area is 190 Å². The van der Waals surface area contributed by atoms with Gasteiger partial charge in [0.25, 0.3) is 5.56 Å². The van der Waals surface area contributed by atoms with Crippen molar-refractivity contribution in [3.63, 3.8) is 0 Å². The zero-order chi connectivity index (χ0) is 22.0. The van der Waals surface area contributed by atoms with E-state index in [4.69, 9.17) is 9.40 Å². The summed E-state index contributed by atoms with van der Waals surface area (Å²) in [5.74, 6) is 1.45. The molecule has 3 aromatic rings. The second-order valence-corrected chi connectivity index (χ2v) is 10.6. The maximum Gasteiger partial charge on any atom is 0.263 e. The van der Waals surface area contributed by atoms with E-state index in [0.717, 1.165) is 41.7 Å². The number of hydrogen-bond acceptors (Lipinski definition) is 6. The molecule has 3 aromatic heterocycles. The molecule has 0 bridgehead atoms. The van der Waals surface area contributed by atoms with E-state index in [-0.39, 0.29) is 17.2 Å². The summed E-state index contributed by atoms with van der Waals surface area (Å²) in [5.41, 5.74) is 1.27. The van der Waals surface area contributed by atoms with E-state index in [1.807, 2.05) is 12.1 Å². The van der Waals surface area contributed by atoms with Crippen LogP contribution < -0.4 is 5.56 Å². The van der Waals surface area contributed by atoms with Crippen LogP contribution in [-0.2, 0) is 30.7 Å². The van der Waals surface area contributed by atoms with E-state index in [2.05, 4.69) is 13.8 Å². The lowest BCUT2D eigenvalue weighted by Gasteiger charge is -2.17. The van der Waals surface area contributed by atoms with Crippen LogP contribution in [-0.4, -0.2) is 33.2 Å². The fourth-order valence-electron chi connectivity index (χ4n) is 3.88. The summed E-state index contributed by atoms with van der Waals surface area (Å²) in [6.07, 6.45) is 6.84. The molecule has 6 nitrogen and oxygen atoms in total. The number of aromatic nitrogens is 2. The van der Waals surface area contributed by atoms with E-state index >= 15 is 0 Å². The van der Waals surface area contributed by atoms with Crippen LogP contribution in [0, 0.1) is 5.92 Å². The highest BCUT2D eigenvalue weighted by molar-refractivity contribution is 7.99. The molecule has 166 valence electrons. The maximum atomic E-state index is 13.5. The first-order valence-corrected chi connectivity index (χ1v) is 12.7. The van der Waals surface area contributed by atoms with Gasteiger partial charge in [0.15, 0.2) is 5.16 Å². The number of carbonyl (C=O) groups excluding carboxylic acids is 1. The second-order valence-electron chi connectivity index (χ2n) is 8.54. The Morgan fingerprint density at radius 1 is 1.35 bits per heavy atom. The van der Waals surface area contributed by atoms with Crippen molar-refractivity contribution in [1.82, 2.24) is 14.5 Å². The molecule has 0 saturated carbocycles. The molecular formula is C23H29N3O3S2. The average Bonchev–Trinajstić information content (AvgIpc) is 3.38. The van der Waals surface area contributed by atoms with E-state index in [1.165, 1.54) is 28.6 Å². The molecule has 0 saturated heterocycles. The van der Waals surface area contributed by atoms with Crippen molar-refractivity contribution in [2.45, 2.75) is 64.2 Å². The third kappa shape index (κ3) is 4.90. The Bertz CT molecular complexity index is 1120. The Morgan fingerprint density at radius 2 is 2.16 bits per heavy atom. The minimum absolute atomic E-state index is 0.0170. The Kier molecular flexibility index (Phi) is 6.86. The molecule has 4 rings (SSSR count). The molecule has 0 radical (unpaired) electrons. The van der Waals surface area contributed by atoms with Gasteiger partial charge in [-0.15, -0.1) is 11.3 Å². The molecule has 0 aliphatic heterocycles. The molecule has 0 aromatic carbocycles. The average molecular weight is 460 g/mol. The number of nitrogens with zero attached hydrogens (tertiary/aromatic N) is 3. The molecular weight excluding hydrogens is 430 g/mol. The van der Waals surface area contributed by atoms with Gasteiger partial charge in [0.1, 0.15) is 10.6 Å². The second kappa shape index (κ2) is 9.61. The standard InChI is InChI=1S/C23H29N3O3S2/c1-15(2)10-11-26-22(28)20-17-8-4-5-9-18(17)31-21(20)24-23(26)30-14-19(27)25(3)13-16-7-6-12-29-16/h6-7,12,15H,4-5,8-11,13-14H2,1-3H3. The van der Waals surface area contributed by atoms with Crippen LogP contribution in [0.25, 0.3) is 10.2 Å². The summed E-state index contributed by atoms with van der Waals surface area (Å²) >= 11 is 3.02. The lowest BCUT2D eigenvalue weighted by Crippen LogP contribution is -2.29. The zero-order valence-corrected chi connectivity index (χ0v) is 20.0. The highest BCUT2D eigenvalue weighted by atomic mass is 32.2. The van der Waals surface area contributed by atoms with Gasteiger partial charge in [-0.1, -0.05) is 25.6 Å². The molecule has 0 N–H and O–H groups in total. The first-order chi connectivity index (χ1) is 14.9. The Morgan fingerprint density at radius 3 is 2.90 bits per heavy atom. The summed E-state index contributed by atoms with van der Waals surface area (Å²) in [6.45, 7) is 5.37. The van der Waals surface area contributed by atoms with Gasteiger partial charge in [-0.05, 0) is 55.7 Å². The summed E-state index contributed by atoms with van der Waals surface area (Å²) in [7, 11) is 1.77. The van der Waals surface area contributed by atoms with Crippen LogP contribution in [0.4, 0.5) is 0 Å². The van der Waals surface area contributed by atoms with Gasteiger partial charge in [0.05, 0.1) is 23.9 Å². The number of rotatable bonds is 8. The summed E-state index contributed by atoms with van der Waals surface area (Å²) in [6, 6.07) is 3.67. The van der Waals surface area contributed by atoms with Gasteiger partial charge in [0.2, 0.25) is 5.91 Å². The fourth-order valence-corrected chi connectivity index (χ4v) is 6.14. The lowest BCUT2D eigenvalue weighted by molar-refractivity contribution is -0.127. The number of hydrogen-bond donors (Lipinski definition) is 0. The first-order valence-electron chi connectivity index (χ1n) is 10.9. The van der Waals surface area contributed by atoms with Crippen LogP contribution >= 0.6 is 23.1 Å². The molecule has 1 aliphatic rings. The number of amides is 1. The number of thioether (sulfide) groups is 1. The maximum absolute atomic E-state index is 13.5. The number of furan rings is 1. The van der Waals surface area contributed by atoms with Gasteiger partial charge < -0.3 is 9.32 Å². The van der Waals surface area contributed by atoms with E-state index in [0.29, 0.717) is 24.2 Å². The molecule has 31 heavy (non-hydrogen) atoms. The van der Waals surface area contributed by atoms with E-state index < -0.39 is 0 Å². The largest absolute Gasteiger partial charge is 0.467 e. The summed E-state index contributed by atoms with van der Waals surface area (Å²) in [4.78, 5) is 34.8. The topological polar surface area (TPSA) is 68.3 Å². The summed E-state index contributed by atoms with van der Waals surface area (Å²) in [5, 5.41) is 1.46. The molecule has 0 unspecified atom stereocenters. The van der Waals surface area contributed by atoms with Crippen molar-refractivity contribution in [2.24, 2.45) is 5.92 Å². The van der Waals surface area contributed by atoms with Gasteiger partial charge >= 0.3 is 0 Å². The van der Waals surface area contributed by atoms with Gasteiger partial charge in [-0.3, -0.25) is 14.2 Å². The van der Waals surface area contributed by atoms with Crippen LogP contribution in [0.3, 0.4) is 0 Å². The number of thiophene rings is 1. The third-order valence-corrected chi connectivity index (χ3v) is 7.84. The predicted octanol–water partition coefficient (Wildman–Crippen LogP) is 4.73. The Hall–Kier alpha value is -2.06. The minimum atomic E-state index is -0.0170. The van der Waals surface area contributed by atoms with Crippen LogP contribution in [0.5, 0.6) is 0 Å². The number of aryl methyl sites for hydroxylation is 2. The zero-order valence-electron chi connectivity index (χ0n) is 18.3. The van der Waals surface area contributed by atoms with E-state index in [1.54, 1.807) is 34.1 Å². The normalized spacial score (nSPS) is 13.7. The van der Waals surface area contributed by atoms with Crippen molar-refractivity contribution in [3.05, 3.63) is 45.0 Å². The molecule has 0 spiro atoms. The first kappa shape index (κ1) is 22.1. The Balaban J connectivity index is 1.59. The monoisotopic (exact) mass is 459 g/mol. The lowest BCUT2D eigenvalue weighted by atomic mass is 9.97. The van der Waals surface area contributed by atoms with Crippen molar-refractivity contribution >= 4 is 39.2 Å². The quantitative estimate of drug-likeness (QED) is 0.360. The predicted molar refractivity (Wildman–Crippen MR) is 126 cm³/mol. The molecule has 1 amide bonds. The van der Waals surface area contributed by atoms with E-state index in [9.17, 15) is 9.59 Å². The fraction of sp³-hybridized carbons (Fsp3) is 0.522. The molecule has 0 fully saturated rings. The highest BCUT2D eigenvalue weighted by Gasteiger charge is 2.23. The van der Waals surface area contributed by atoms with Crippen LogP contribution in [0.15, 0.2) is 32.8 Å². The third-order valence-electron chi connectivity index (χ3n) is 5.69. The SMILES string of the molecule is CC(C)CCn1c(SCC(=O)N(C)Cc2ccco2)nc2sc3c(c2c1=O)CCCC3. The van der Waals surface area contributed by atoms with Crippen LogP contribution in [0.1, 0.15) is 49.3 Å². The van der Waals surface area contributed by atoms with Crippen molar-refractivity contribution in [1.29, 1.82) is 0 Å². The van der Waals surface area contributed by atoms with Crippen molar-refractivity contribution in [2.75, 3.05) is 12.8 Å².